The van der Waals surface area contributed by atoms with Gasteiger partial charge in [-0.15, -0.1) is 22.7 Å². The van der Waals surface area contributed by atoms with Crippen molar-refractivity contribution in [1.82, 2.24) is 14.8 Å². The molecule has 0 saturated carbocycles. The van der Waals surface area contributed by atoms with Gasteiger partial charge in [0.15, 0.2) is 10.3 Å². The molecule has 1 fully saturated rings. The fourth-order valence-corrected chi connectivity index (χ4v) is 5.21. The van der Waals surface area contributed by atoms with Gasteiger partial charge in [0.1, 0.15) is 5.69 Å². The maximum atomic E-state index is 12.9. The molecule has 1 N–H and O–H groups in total. The first-order chi connectivity index (χ1) is 14.2. The second-order valence-corrected chi connectivity index (χ2v) is 8.91. The van der Waals surface area contributed by atoms with Gasteiger partial charge in [-0.3, -0.25) is 10.2 Å². The Labute approximate surface area is 178 Å². The molecule has 0 radical (unpaired) electrons. The molecule has 0 unspecified atom stereocenters. The third-order valence-corrected chi connectivity index (χ3v) is 6.76. The van der Waals surface area contributed by atoms with Gasteiger partial charge >= 0.3 is 0 Å². The summed E-state index contributed by atoms with van der Waals surface area (Å²) in [7, 11) is 0. The van der Waals surface area contributed by atoms with Crippen LogP contribution in [-0.4, -0.2) is 25.8 Å². The van der Waals surface area contributed by atoms with E-state index in [2.05, 4.69) is 4.98 Å². The number of amides is 1. The number of thiophene rings is 1. The van der Waals surface area contributed by atoms with Gasteiger partial charge in [-0.05, 0) is 41.4 Å². The lowest BCUT2D eigenvalue weighted by molar-refractivity contribution is -0.113. The number of nitrogens with one attached hydrogen (secondary N) is 1. The molecule has 1 aliphatic rings. The number of rotatable bonds is 4. The predicted molar refractivity (Wildman–Crippen MR) is 120 cm³/mol. The number of hydrogen-bond acceptors (Lipinski definition) is 7. The van der Waals surface area contributed by atoms with E-state index in [4.69, 9.17) is 10.5 Å². The normalized spacial score (nSPS) is 15.6. The molecule has 0 atom stereocenters. The molecule has 0 spiro atoms. The zero-order chi connectivity index (χ0) is 19.8. The van der Waals surface area contributed by atoms with Gasteiger partial charge in [-0.25, -0.2) is 14.6 Å². The molecule has 1 aliphatic heterocycles. The summed E-state index contributed by atoms with van der Waals surface area (Å²) in [5, 5.41) is 17.4. The van der Waals surface area contributed by atoms with Crippen LogP contribution >= 0.6 is 34.4 Å². The van der Waals surface area contributed by atoms with Gasteiger partial charge in [-0.2, -0.15) is 5.10 Å². The topological polar surface area (TPSA) is 74.9 Å². The summed E-state index contributed by atoms with van der Waals surface area (Å²) in [6, 6.07) is 13.8. The molecule has 1 aromatic carbocycles. The van der Waals surface area contributed by atoms with E-state index in [1.807, 2.05) is 64.8 Å². The van der Waals surface area contributed by atoms with Crippen LogP contribution in [0.25, 0.3) is 22.3 Å². The van der Waals surface area contributed by atoms with Crippen molar-refractivity contribution >= 4 is 56.7 Å². The van der Waals surface area contributed by atoms with Gasteiger partial charge < -0.3 is 0 Å². The minimum absolute atomic E-state index is 0.157. The lowest BCUT2D eigenvalue weighted by Gasteiger charge is -2.08. The van der Waals surface area contributed by atoms with Crippen molar-refractivity contribution in [2.24, 2.45) is 0 Å². The van der Waals surface area contributed by atoms with Gasteiger partial charge in [0.25, 0.3) is 5.91 Å². The van der Waals surface area contributed by atoms with Crippen molar-refractivity contribution < 1.29 is 4.79 Å². The standard InChI is InChI=1S/C20H13N5OS3/c21-19-25(20-22-8-10-28-20)18(26)16(29-19)11-13-12-24(14-5-2-1-3-6-14)23-17(13)15-7-4-9-27-15/h1-12,21H/b16-11-,21-19?. The SMILES string of the molecule is N=C1S/C(=C\c2cn(-c3ccccc3)nc2-c2cccs2)C(=O)N1c1nccs1. The summed E-state index contributed by atoms with van der Waals surface area (Å²) >= 11 is 4.07. The molecule has 0 bridgehead atoms. The Hall–Kier alpha value is -3.01. The monoisotopic (exact) mass is 435 g/mol. The molecule has 1 amide bonds. The van der Waals surface area contributed by atoms with Crippen LogP contribution < -0.4 is 4.90 Å². The van der Waals surface area contributed by atoms with Crippen molar-refractivity contribution in [3.05, 3.63) is 76.1 Å². The first kappa shape index (κ1) is 18.0. The Morgan fingerprint density at radius 2 is 1.90 bits per heavy atom. The highest BCUT2D eigenvalue weighted by Gasteiger charge is 2.35. The summed E-state index contributed by atoms with van der Waals surface area (Å²) in [6.07, 6.45) is 5.36. The Kier molecular flexibility index (Phi) is 4.62. The Morgan fingerprint density at radius 3 is 2.62 bits per heavy atom. The van der Waals surface area contributed by atoms with E-state index in [9.17, 15) is 4.79 Å². The van der Waals surface area contributed by atoms with E-state index in [-0.39, 0.29) is 11.1 Å². The lowest BCUT2D eigenvalue weighted by atomic mass is 10.2. The van der Waals surface area contributed by atoms with E-state index in [0.717, 1.165) is 33.6 Å². The van der Waals surface area contributed by atoms with Crippen LogP contribution in [0.1, 0.15) is 5.56 Å². The minimum Gasteiger partial charge on any atom is -0.278 e. The molecule has 1 saturated heterocycles. The average molecular weight is 436 g/mol. The summed E-state index contributed by atoms with van der Waals surface area (Å²) in [5.41, 5.74) is 2.59. The number of carbonyl (C=O) groups is 1. The van der Waals surface area contributed by atoms with Crippen molar-refractivity contribution in [1.29, 1.82) is 5.41 Å². The van der Waals surface area contributed by atoms with Crippen molar-refractivity contribution in [3.8, 4) is 16.3 Å². The maximum absolute atomic E-state index is 12.9. The highest BCUT2D eigenvalue weighted by molar-refractivity contribution is 8.19. The second kappa shape index (κ2) is 7.43. The van der Waals surface area contributed by atoms with Crippen LogP contribution in [0.3, 0.4) is 0 Å². The van der Waals surface area contributed by atoms with E-state index in [1.54, 1.807) is 22.9 Å². The molecule has 29 heavy (non-hydrogen) atoms. The first-order valence-electron chi connectivity index (χ1n) is 8.62. The number of thiazole rings is 1. The zero-order valence-electron chi connectivity index (χ0n) is 14.9. The number of carbonyl (C=O) groups excluding carboxylic acids is 1. The molecule has 9 heteroatoms. The molecule has 3 aromatic heterocycles. The van der Waals surface area contributed by atoms with Crippen LogP contribution in [-0.2, 0) is 4.79 Å². The molecular formula is C20H13N5OS3. The largest absolute Gasteiger partial charge is 0.278 e. The van der Waals surface area contributed by atoms with E-state index in [1.165, 1.54) is 16.2 Å². The Bertz CT molecular complexity index is 1210. The van der Waals surface area contributed by atoms with Crippen LogP contribution in [0.2, 0.25) is 0 Å². The number of hydrogen-bond donors (Lipinski definition) is 1. The minimum atomic E-state index is -0.237. The van der Waals surface area contributed by atoms with Crippen LogP contribution in [0.5, 0.6) is 0 Å². The van der Waals surface area contributed by atoms with Crippen molar-refractivity contribution in [2.45, 2.75) is 0 Å². The smallest absolute Gasteiger partial charge is 0.273 e. The summed E-state index contributed by atoms with van der Waals surface area (Å²) in [6.45, 7) is 0. The summed E-state index contributed by atoms with van der Waals surface area (Å²) in [5.74, 6) is -0.237. The lowest BCUT2D eigenvalue weighted by Crippen LogP contribution is -2.27. The number of nitrogens with zero attached hydrogens (tertiary/aromatic N) is 4. The number of benzene rings is 1. The highest BCUT2D eigenvalue weighted by Crippen LogP contribution is 2.37. The van der Waals surface area contributed by atoms with Gasteiger partial charge in [0, 0.05) is 23.3 Å². The van der Waals surface area contributed by atoms with Crippen LogP contribution in [0.15, 0.2) is 70.5 Å². The molecule has 142 valence electrons. The van der Waals surface area contributed by atoms with E-state index in [0.29, 0.717) is 10.0 Å². The van der Waals surface area contributed by atoms with Gasteiger partial charge in [0.2, 0.25) is 0 Å². The number of anilines is 1. The highest BCUT2D eigenvalue weighted by atomic mass is 32.2. The number of para-hydroxylation sites is 1. The number of amidine groups is 1. The molecule has 5 rings (SSSR count). The zero-order valence-corrected chi connectivity index (χ0v) is 17.3. The Morgan fingerprint density at radius 1 is 1.03 bits per heavy atom. The third kappa shape index (κ3) is 3.33. The van der Waals surface area contributed by atoms with Crippen molar-refractivity contribution in [3.63, 3.8) is 0 Å². The second-order valence-electron chi connectivity index (χ2n) is 6.06. The third-order valence-electron chi connectivity index (χ3n) is 4.24. The molecule has 4 aromatic rings. The summed E-state index contributed by atoms with van der Waals surface area (Å²) in [4.78, 5) is 19.9. The fraction of sp³-hybridized carbons (Fsp3) is 0. The first-order valence-corrected chi connectivity index (χ1v) is 11.2. The maximum Gasteiger partial charge on any atom is 0.273 e. The average Bonchev–Trinajstić information content (AvgIpc) is 3.51. The fourth-order valence-electron chi connectivity index (χ4n) is 2.94. The van der Waals surface area contributed by atoms with Crippen LogP contribution in [0.4, 0.5) is 5.13 Å². The number of thioether (sulfide) groups is 1. The predicted octanol–water partition coefficient (Wildman–Crippen LogP) is 5.11. The number of aromatic nitrogens is 3. The van der Waals surface area contributed by atoms with Gasteiger partial charge in [0.05, 0.1) is 15.5 Å². The van der Waals surface area contributed by atoms with E-state index < -0.39 is 0 Å². The van der Waals surface area contributed by atoms with Crippen molar-refractivity contribution in [2.75, 3.05) is 4.90 Å². The molecular weight excluding hydrogens is 422 g/mol. The van der Waals surface area contributed by atoms with Crippen LogP contribution in [0, 0.1) is 5.41 Å². The molecule has 0 aliphatic carbocycles. The van der Waals surface area contributed by atoms with Gasteiger partial charge in [-0.1, -0.05) is 24.3 Å². The van der Waals surface area contributed by atoms with E-state index >= 15 is 0 Å². The molecule has 4 heterocycles. The molecule has 6 nitrogen and oxygen atoms in total. The summed E-state index contributed by atoms with van der Waals surface area (Å²) < 4.78 is 1.81. The quantitative estimate of drug-likeness (QED) is 0.452. The Balaban J connectivity index is 1.58.